The molecule has 7 heteroatoms. The highest BCUT2D eigenvalue weighted by molar-refractivity contribution is 5.84. The minimum atomic E-state index is -1.27. The van der Waals surface area contributed by atoms with Crippen LogP contribution < -0.4 is 0 Å². The number of likely N-dealkylation sites (tertiary alicyclic amines) is 1. The van der Waals surface area contributed by atoms with Gasteiger partial charge in [-0.1, -0.05) is 0 Å². The fraction of sp³-hybridized carbons (Fsp3) is 0.857. The topological polar surface area (TPSA) is 90.3 Å². The van der Waals surface area contributed by atoms with Crippen molar-refractivity contribution in [2.75, 3.05) is 39.8 Å². The summed E-state index contributed by atoms with van der Waals surface area (Å²) in [6.45, 7) is 6.89. The van der Waals surface area contributed by atoms with Gasteiger partial charge in [0, 0.05) is 26.2 Å². The Bertz CT molecular complexity index is 359. The second-order valence-corrected chi connectivity index (χ2v) is 6.23. The summed E-state index contributed by atoms with van der Waals surface area (Å²) >= 11 is 0. The predicted octanol–water partition coefficient (Wildman–Crippen LogP) is -0.219. The number of aliphatic hydroxyl groups is 1. The molecule has 0 saturated carbocycles. The monoisotopic (exact) mass is 302 g/mol. The molecule has 0 aromatic rings. The highest BCUT2D eigenvalue weighted by Crippen LogP contribution is 2.30. The zero-order valence-electron chi connectivity index (χ0n) is 13.0. The molecule has 122 valence electrons. The molecule has 0 aromatic carbocycles. The van der Waals surface area contributed by atoms with Gasteiger partial charge in [-0.15, -0.1) is 0 Å². The zero-order chi connectivity index (χ0) is 16.1. The van der Waals surface area contributed by atoms with Crippen LogP contribution in [0.1, 0.15) is 26.7 Å². The molecule has 21 heavy (non-hydrogen) atoms. The number of likely N-dealkylation sites (N-methyl/N-ethyl adjacent to an activating group) is 1. The van der Waals surface area contributed by atoms with Gasteiger partial charge in [-0.3, -0.25) is 9.59 Å². The maximum absolute atomic E-state index is 12.0. The van der Waals surface area contributed by atoms with E-state index in [2.05, 4.69) is 11.9 Å². The van der Waals surface area contributed by atoms with Crippen molar-refractivity contribution in [1.29, 1.82) is 0 Å². The number of morpholine rings is 1. The Hall–Kier alpha value is -1.18. The third-order valence-corrected chi connectivity index (χ3v) is 3.92. The molecule has 0 aliphatic carbocycles. The van der Waals surface area contributed by atoms with Crippen LogP contribution in [0, 0.1) is 0 Å². The van der Waals surface area contributed by atoms with Crippen molar-refractivity contribution in [1.82, 2.24) is 9.80 Å². The lowest BCUT2D eigenvalue weighted by atomic mass is 9.89. The van der Waals surface area contributed by atoms with Crippen LogP contribution >= 0.6 is 0 Å². The number of rotatable bonds is 1. The normalized spacial score (nSPS) is 22.4. The number of amides is 1. The van der Waals surface area contributed by atoms with Crippen LogP contribution in [0.3, 0.4) is 0 Å². The van der Waals surface area contributed by atoms with Crippen LogP contribution in [-0.2, 0) is 14.3 Å². The van der Waals surface area contributed by atoms with Gasteiger partial charge >= 0.3 is 0 Å². The van der Waals surface area contributed by atoms with Gasteiger partial charge in [-0.25, -0.2) is 0 Å². The van der Waals surface area contributed by atoms with Gasteiger partial charge in [-0.2, -0.15) is 0 Å². The van der Waals surface area contributed by atoms with E-state index in [1.165, 1.54) is 0 Å². The molecule has 2 saturated heterocycles. The maximum Gasteiger partial charge on any atom is 0.290 e. The van der Waals surface area contributed by atoms with Gasteiger partial charge in [0.25, 0.3) is 12.4 Å². The van der Waals surface area contributed by atoms with Crippen LogP contribution in [0.5, 0.6) is 0 Å². The van der Waals surface area contributed by atoms with E-state index in [9.17, 15) is 9.90 Å². The summed E-state index contributed by atoms with van der Waals surface area (Å²) in [7, 11) is 2.11. The van der Waals surface area contributed by atoms with Crippen LogP contribution in [0.2, 0.25) is 0 Å². The summed E-state index contributed by atoms with van der Waals surface area (Å²) < 4.78 is 5.95. The molecule has 0 radical (unpaired) electrons. The first kappa shape index (κ1) is 17.9. The van der Waals surface area contributed by atoms with Gasteiger partial charge in [0.15, 0.2) is 0 Å². The number of carbonyl (C=O) groups excluding carboxylic acids is 1. The number of hydrogen-bond acceptors (Lipinski definition) is 5. The highest BCUT2D eigenvalue weighted by Gasteiger charge is 2.41. The fourth-order valence-electron chi connectivity index (χ4n) is 2.84. The first-order valence-electron chi connectivity index (χ1n) is 7.16. The highest BCUT2D eigenvalue weighted by atomic mass is 16.5. The number of carboxylic acid groups (broad SMARTS) is 1. The van der Waals surface area contributed by atoms with Gasteiger partial charge < -0.3 is 24.7 Å². The molecule has 0 unspecified atom stereocenters. The quantitative estimate of drug-likeness (QED) is 0.651. The maximum atomic E-state index is 12.0. The molecule has 0 aromatic heterocycles. The molecule has 1 spiro atoms. The molecule has 7 nitrogen and oxygen atoms in total. The zero-order valence-corrected chi connectivity index (χ0v) is 13.0. The van der Waals surface area contributed by atoms with Crippen LogP contribution in [0.15, 0.2) is 0 Å². The standard InChI is InChI=1S/C13H24N2O3.CH2O2/c1-12(2,17)11(16)15-6-4-13(5-7-15)10-14(3)8-9-18-13;2-1-3/h17H,4-10H2,1-3H3;1H,(H,2,3). The summed E-state index contributed by atoms with van der Waals surface area (Å²) in [5.41, 5.74) is -1.35. The lowest BCUT2D eigenvalue weighted by Crippen LogP contribution is -2.58. The van der Waals surface area contributed by atoms with E-state index >= 15 is 0 Å². The van der Waals surface area contributed by atoms with E-state index in [4.69, 9.17) is 14.6 Å². The van der Waals surface area contributed by atoms with Crippen molar-refractivity contribution >= 4 is 12.4 Å². The molecule has 2 aliphatic heterocycles. The second-order valence-electron chi connectivity index (χ2n) is 6.23. The van der Waals surface area contributed by atoms with Gasteiger partial charge in [0.1, 0.15) is 5.60 Å². The molecule has 2 aliphatic rings. The van der Waals surface area contributed by atoms with Crippen LogP contribution in [0.25, 0.3) is 0 Å². The Labute approximate surface area is 125 Å². The summed E-state index contributed by atoms with van der Waals surface area (Å²) in [4.78, 5) is 24.4. The molecule has 2 N–H and O–H groups in total. The van der Waals surface area contributed by atoms with Gasteiger partial charge in [0.2, 0.25) is 0 Å². The minimum Gasteiger partial charge on any atom is -0.483 e. The summed E-state index contributed by atoms with van der Waals surface area (Å²) in [5, 5.41) is 16.6. The third-order valence-electron chi connectivity index (χ3n) is 3.92. The SMILES string of the molecule is CN1CCOC2(CCN(C(=O)C(C)(C)O)CC2)C1.O=CO. The molecule has 2 fully saturated rings. The number of nitrogens with zero attached hydrogens (tertiary/aromatic N) is 2. The number of hydrogen-bond donors (Lipinski definition) is 2. The van der Waals surface area contributed by atoms with Crippen molar-refractivity contribution < 1.29 is 24.5 Å². The first-order chi connectivity index (χ1) is 9.74. The molecule has 2 rings (SSSR count). The fourth-order valence-corrected chi connectivity index (χ4v) is 2.84. The molecule has 0 atom stereocenters. The Morgan fingerprint density at radius 3 is 2.24 bits per heavy atom. The molecule has 0 bridgehead atoms. The lowest BCUT2D eigenvalue weighted by molar-refractivity contribution is -0.160. The van der Waals surface area contributed by atoms with E-state index in [0.29, 0.717) is 13.1 Å². The third kappa shape index (κ3) is 4.94. The van der Waals surface area contributed by atoms with Gasteiger partial charge in [-0.05, 0) is 33.7 Å². The van der Waals surface area contributed by atoms with E-state index in [1.807, 2.05) is 0 Å². The Morgan fingerprint density at radius 1 is 1.29 bits per heavy atom. The van der Waals surface area contributed by atoms with Crippen LogP contribution in [-0.4, -0.2) is 83.4 Å². The van der Waals surface area contributed by atoms with Crippen molar-refractivity contribution in [2.24, 2.45) is 0 Å². The van der Waals surface area contributed by atoms with E-state index in [0.717, 1.165) is 32.5 Å². The average Bonchev–Trinajstić information content (AvgIpc) is 2.38. The lowest BCUT2D eigenvalue weighted by Gasteiger charge is -2.47. The largest absolute Gasteiger partial charge is 0.483 e. The molecular formula is C14H26N2O5. The Morgan fingerprint density at radius 2 is 1.81 bits per heavy atom. The average molecular weight is 302 g/mol. The molecule has 2 heterocycles. The minimum absolute atomic E-state index is 0.0800. The second kappa shape index (κ2) is 7.20. The number of carbonyl (C=O) groups is 2. The Kier molecular flexibility index (Phi) is 6.12. The molecule has 1 amide bonds. The van der Waals surface area contributed by atoms with E-state index in [-0.39, 0.29) is 18.0 Å². The van der Waals surface area contributed by atoms with Crippen molar-refractivity contribution in [2.45, 2.75) is 37.9 Å². The van der Waals surface area contributed by atoms with Crippen molar-refractivity contribution in [3.05, 3.63) is 0 Å². The van der Waals surface area contributed by atoms with Gasteiger partial charge in [0.05, 0.1) is 12.2 Å². The van der Waals surface area contributed by atoms with E-state index < -0.39 is 5.60 Å². The first-order valence-corrected chi connectivity index (χ1v) is 7.16. The number of ether oxygens (including phenoxy) is 1. The summed E-state index contributed by atoms with van der Waals surface area (Å²) in [5.74, 6) is -0.179. The summed E-state index contributed by atoms with van der Waals surface area (Å²) in [6.07, 6.45) is 1.72. The van der Waals surface area contributed by atoms with E-state index in [1.54, 1.807) is 18.7 Å². The van der Waals surface area contributed by atoms with Crippen LogP contribution in [0.4, 0.5) is 0 Å². The van der Waals surface area contributed by atoms with Crippen molar-refractivity contribution in [3.63, 3.8) is 0 Å². The predicted molar refractivity (Wildman–Crippen MR) is 77.0 cm³/mol. The molecular weight excluding hydrogens is 276 g/mol. The van der Waals surface area contributed by atoms with Crippen molar-refractivity contribution in [3.8, 4) is 0 Å². The Balaban J connectivity index is 0.000000677. The number of piperidine rings is 1. The smallest absolute Gasteiger partial charge is 0.290 e. The summed E-state index contributed by atoms with van der Waals surface area (Å²) in [6, 6.07) is 0.